The largest absolute Gasteiger partial charge is 0.424 e. The molecule has 0 unspecified atom stereocenters. The minimum Gasteiger partial charge on any atom is -0.424 e. The molecule has 0 radical (unpaired) electrons. The van der Waals surface area contributed by atoms with Gasteiger partial charge < -0.3 is 19.9 Å². The van der Waals surface area contributed by atoms with E-state index in [1.807, 2.05) is 30.5 Å². The molecule has 1 spiro atoms. The minimum atomic E-state index is 0.306. The van der Waals surface area contributed by atoms with Crippen LogP contribution in [0.5, 0.6) is 11.8 Å². The maximum Gasteiger partial charge on any atom is 0.321 e. The van der Waals surface area contributed by atoms with Crippen molar-refractivity contribution >= 4 is 28.7 Å². The van der Waals surface area contributed by atoms with Crippen LogP contribution in [0.2, 0.25) is 0 Å². The van der Waals surface area contributed by atoms with Crippen molar-refractivity contribution in [3.05, 3.63) is 73.1 Å². The van der Waals surface area contributed by atoms with Gasteiger partial charge in [-0.1, -0.05) is 18.2 Å². The van der Waals surface area contributed by atoms with Crippen LogP contribution in [0.4, 0.5) is 5.82 Å². The number of likely N-dealkylation sites (tertiary alicyclic amines) is 1. The molecule has 2 aliphatic rings. The lowest BCUT2D eigenvalue weighted by Crippen LogP contribution is -2.38. The van der Waals surface area contributed by atoms with Crippen LogP contribution in [0.15, 0.2) is 67.4 Å². The average Bonchev–Trinajstić information content (AvgIpc) is 3.27. The molecule has 0 amide bonds. The van der Waals surface area contributed by atoms with Crippen LogP contribution in [-0.2, 0) is 11.8 Å². The molecule has 9 nitrogen and oxygen atoms in total. The van der Waals surface area contributed by atoms with Gasteiger partial charge in [0.15, 0.2) is 0 Å². The van der Waals surface area contributed by atoms with E-state index in [4.69, 9.17) is 10.5 Å². The lowest BCUT2D eigenvalue weighted by atomic mass is 9.68. The fourth-order valence-electron chi connectivity index (χ4n) is 5.98. The molecule has 1 aliphatic carbocycles. The molecular weight excluding hydrogens is 490 g/mol. The molecule has 198 valence electrons. The summed E-state index contributed by atoms with van der Waals surface area (Å²) in [4.78, 5) is 30.2. The first-order valence-electron chi connectivity index (χ1n) is 13.3. The first kappa shape index (κ1) is 24.8. The second-order valence-corrected chi connectivity index (χ2v) is 10.3. The molecule has 1 aromatic carbocycles. The number of aldehydes is 1. The van der Waals surface area contributed by atoms with Gasteiger partial charge in [-0.15, -0.1) is 0 Å². The Morgan fingerprint density at radius 1 is 1.03 bits per heavy atom. The number of hydrogen-bond donors (Lipinski definition) is 1. The molecule has 39 heavy (non-hydrogen) atoms. The van der Waals surface area contributed by atoms with Gasteiger partial charge in [0.2, 0.25) is 0 Å². The Morgan fingerprint density at radius 3 is 2.49 bits per heavy atom. The number of nitrogen functional groups attached to an aromatic ring is 1. The highest BCUT2D eigenvalue weighted by Gasteiger charge is 2.36. The fourth-order valence-corrected chi connectivity index (χ4v) is 5.98. The minimum absolute atomic E-state index is 0.306. The van der Waals surface area contributed by atoms with Gasteiger partial charge in [-0.3, -0.25) is 4.79 Å². The van der Waals surface area contributed by atoms with Gasteiger partial charge in [0.1, 0.15) is 29.8 Å². The van der Waals surface area contributed by atoms with E-state index in [1.54, 1.807) is 24.5 Å². The number of benzene rings is 1. The van der Waals surface area contributed by atoms with E-state index in [2.05, 4.69) is 42.5 Å². The third-order valence-electron chi connectivity index (χ3n) is 8.14. The third kappa shape index (κ3) is 4.76. The molecule has 0 saturated carbocycles. The number of fused-ring (bicyclic) bond motifs is 1. The van der Waals surface area contributed by atoms with Crippen LogP contribution in [0.3, 0.4) is 0 Å². The zero-order chi connectivity index (χ0) is 26.8. The summed E-state index contributed by atoms with van der Waals surface area (Å²) in [6, 6.07) is 9.98. The first-order valence-corrected chi connectivity index (χ1v) is 13.3. The second kappa shape index (κ2) is 10.3. The number of carbonyl (C=O) groups excluding carboxylic acids is 1. The number of carbonyl (C=O) groups is 1. The highest BCUT2D eigenvalue weighted by molar-refractivity contribution is 6.06. The zero-order valence-electron chi connectivity index (χ0n) is 22.0. The van der Waals surface area contributed by atoms with Gasteiger partial charge in [-0.2, -0.15) is 0 Å². The molecule has 2 N–H and O–H groups in total. The van der Waals surface area contributed by atoms with Crippen LogP contribution >= 0.6 is 0 Å². The van der Waals surface area contributed by atoms with Gasteiger partial charge in [0.25, 0.3) is 0 Å². The molecule has 4 heterocycles. The third-order valence-corrected chi connectivity index (χ3v) is 8.14. The van der Waals surface area contributed by atoms with E-state index >= 15 is 0 Å². The number of ether oxygens (including phenoxy) is 1. The van der Waals surface area contributed by atoms with Crippen LogP contribution in [0, 0.1) is 5.41 Å². The number of hydrogen-bond acceptors (Lipinski definition) is 8. The van der Waals surface area contributed by atoms with E-state index in [1.165, 1.54) is 11.9 Å². The predicted molar refractivity (Wildman–Crippen MR) is 151 cm³/mol. The molecule has 1 saturated heterocycles. The van der Waals surface area contributed by atoms with Gasteiger partial charge >= 0.3 is 6.01 Å². The van der Waals surface area contributed by atoms with Crippen molar-refractivity contribution in [2.45, 2.75) is 32.1 Å². The summed E-state index contributed by atoms with van der Waals surface area (Å²) in [6.45, 7) is 1.97. The molecule has 6 rings (SSSR count). The number of piperidine rings is 1. The maximum absolute atomic E-state index is 10.7. The summed E-state index contributed by atoms with van der Waals surface area (Å²) in [7, 11) is 2.06. The molecule has 9 heteroatoms. The summed E-state index contributed by atoms with van der Waals surface area (Å²) in [5, 5.41) is 0.867. The van der Waals surface area contributed by atoms with E-state index in [0.29, 0.717) is 23.0 Å². The molecule has 0 bridgehead atoms. The highest BCUT2D eigenvalue weighted by Crippen LogP contribution is 2.48. The van der Waals surface area contributed by atoms with Gasteiger partial charge in [-0.25, -0.2) is 19.9 Å². The highest BCUT2D eigenvalue weighted by atomic mass is 16.5. The number of nitrogens with two attached hydrogens (primary N) is 1. The molecule has 1 fully saturated rings. The van der Waals surface area contributed by atoms with Crippen molar-refractivity contribution in [3.8, 4) is 22.9 Å². The summed E-state index contributed by atoms with van der Waals surface area (Å²) in [6.07, 6.45) is 17.0. The van der Waals surface area contributed by atoms with E-state index < -0.39 is 0 Å². The number of nitrogens with zero attached hydrogens (tertiary/aromatic N) is 6. The predicted octanol–water partition coefficient (Wildman–Crippen LogP) is 5.16. The summed E-state index contributed by atoms with van der Waals surface area (Å²) in [5.41, 5.74) is 12.1. The number of aryl methyl sites for hydroxylation is 1. The Bertz CT molecular complexity index is 1550. The Morgan fingerprint density at radius 2 is 1.79 bits per heavy atom. The van der Waals surface area contributed by atoms with Crippen molar-refractivity contribution in [2.24, 2.45) is 12.5 Å². The van der Waals surface area contributed by atoms with Crippen LogP contribution in [0.25, 0.3) is 27.7 Å². The van der Waals surface area contributed by atoms with E-state index in [9.17, 15) is 4.79 Å². The lowest BCUT2D eigenvalue weighted by molar-refractivity contribution is -0.104. The maximum atomic E-state index is 10.7. The Balaban J connectivity index is 1.33. The second-order valence-electron chi connectivity index (χ2n) is 10.3. The van der Waals surface area contributed by atoms with Crippen LogP contribution in [-0.4, -0.2) is 48.8 Å². The summed E-state index contributed by atoms with van der Waals surface area (Å²) in [5.74, 6) is 1.13. The van der Waals surface area contributed by atoms with Crippen molar-refractivity contribution in [1.82, 2.24) is 29.4 Å². The standard InChI is InChI=1S/C30H31N7O2/c1-36-26(22-8-10-30(11-9-22)12-17-37(18-13-30)16-3-19-38)24(25-27(31)34-20-35-28(25)36)21-4-6-23(7-5-21)39-29-32-14-2-15-33-29/h2-8,14-16,19-20H,9-13,17-18H2,1H3,(H2,31,34,35). The monoisotopic (exact) mass is 521 g/mol. The smallest absolute Gasteiger partial charge is 0.321 e. The molecular formula is C30H31N7O2. The number of rotatable bonds is 6. The zero-order valence-corrected chi connectivity index (χ0v) is 22.0. The van der Waals surface area contributed by atoms with Crippen LogP contribution < -0.4 is 10.5 Å². The van der Waals surface area contributed by atoms with Crippen molar-refractivity contribution in [1.29, 1.82) is 0 Å². The molecule has 4 aromatic rings. The van der Waals surface area contributed by atoms with Crippen LogP contribution in [0.1, 0.15) is 37.8 Å². The van der Waals surface area contributed by atoms with Gasteiger partial charge in [0, 0.05) is 44.3 Å². The number of aromatic nitrogens is 5. The Labute approximate surface area is 227 Å². The van der Waals surface area contributed by atoms with Crippen molar-refractivity contribution in [2.75, 3.05) is 18.8 Å². The Kier molecular flexibility index (Phi) is 6.56. The normalized spacial score (nSPS) is 17.1. The first-order chi connectivity index (χ1) is 19.1. The summed E-state index contributed by atoms with van der Waals surface area (Å²) < 4.78 is 7.97. The van der Waals surface area contributed by atoms with E-state index in [-0.39, 0.29) is 0 Å². The number of anilines is 1. The SMILES string of the molecule is Cn1c(C2=CCC3(CC2)CCN(C=CC=O)CC3)c(-c2ccc(Oc3ncccn3)cc2)c2c(N)ncnc21. The van der Waals surface area contributed by atoms with E-state index in [0.717, 1.165) is 79.3 Å². The topological polar surface area (TPSA) is 112 Å². The Hall–Kier alpha value is -4.53. The summed E-state index contributed by atoms with van der Waals surface area (Å²) >= 11 is 0. The molecule has 0 atom stereocenters. The number of allylic oxidation sites excluding steroid dienone is 3. The quantitative estimate of drug-likeness (QED) is 0.273. The van der Waals surface area contributed by atoms with Crippen molar-refractivity contribution in [3.63, 3.8) is 0 Å². The van der Waals surface area contributed by atoms with Crippen molar-refractivity contribution < 1.29 is 9.53 Å². The molecule has 1 aliphatic heterocycles. The van der Waals surface area contributed by atoms with Gasteiger partial charge in [0.05, 0.1) is 11.1 Å². The molecule has 3 aromatic heterocycles. The fraction of sp³-hybridized carbons (Fsp3) is 0.300. The lowest BCUT2D eigenvalue weighted by Gasteiger charge is -2.43. The average molecular weight is 522 g/mol. The van der Waals surface area contributed by atoms with Gasteiger partial charge in [-0.05, 0) is 72.9 Å².